The van der Waals surface area contributed by atoms with E-state index in [4.69, 9.17) is 5.14 Å². The van der Waals surface area contributed by atoms with Crippen LogP contribution in [0.15, 0.2) is 24.3 Å². The standard InChI is InChI=1S/C13H18N2O3S/c1-10-4-3-5-11(8-10)9-15(2)12(16)13(6-7-13)19(14,17)18/h3-5,8H,6-7,9H2,1-2H3,(H2,14,17,18). The summed E-state index contributed by atoms with van der Waals surface area (Å²) in [5.74, 6) is -0.406. The molecule has 0 aliphatic heterocycles. The number of benzene rings is 1. The van der Waals surface area contributed by atoms with Gasteiger partial charge in [0.2, 0.25) is 15.9 Å². The Labute approximate surface area is 113 Å². The molecule has 0 spiro atoms. The van der Waals surface area contributed by atoms with Gasteiger partial charge in [-0.05, 0) is 25.3 Å². The third-order valence-corrected chi connectivity index (χ3v) is 5.16. The maximum absolute atomic E-state index is 12.2. The molecule has 2 N–H and O–H groups in total. The molecule has 6 heteroatoms. The highest BCUT2D eigenvalue weighted by Gasteiger charge is 2.60. The Morgan fingerprint density at radius 3 is 2.53 bits per heavy atom. The number of hydrogen-bond acceptors (Lipinski definition) is 3. The molecule has 0 radical (unpaired) electrons. The molecule has 1 aromatic rings. The Bertz CT molecular complexity index is 606. The summed E-state index contributed by atoms with van der Waals surface area (Å²) in [5, 5.41) is 5.16. The molecular formula is C13H18N2O3S. The molecule has 0 bridgehead atoms. The van der Waals surface area contributed by atoms with E-state index >= 15 is 0 Å². The first kappa shape index (κ1) is 14.0. The summed E-state index contributed by atoms with van der Waals surface area (Å²) in [6.07, 6.45) is 0.644. The second kappa shape index (κ2) is 4.61. The molecule has 1 aliphatic rings. The highest BCUT2D eigenvalue weighted by Crippen LogP contribution is 2.43. The number of rotatable bonds is 4. The van der Waals surface area contributed by atoms with Crippen LogP contribution in [0.4, 0.5) is 0 Å². The molecule has 1 saturated carbocycles. The summed E-state index contributed by atoms with van der Waals surface area (Å²) in [6.45, 7) is 2.36. The fourth-order valence-electron chi connectivity index (χ4n) is 2.24. The molecule has 0 aromatic heterocycles. The Balaban J connectivity index is 2.13. The lowest BCUT2D eigenvalue weighted by Crippen LogP contribution is -2.45. The molecule has 1 aromatic carbocycles. The molecular weight excluding hydrogens is 264 g/mol. The van der Waals surface area contributed by atoms with Gasteiger partial charge in [0, 0.05) is 13.6 Å². The molecule has 0 atom stereocenters. The highest BCUT2D eigenvalue weighted by molar-refractivity contribution is 7.91. The minimum absolute atomic E-state index is 0.322. The molecule has 104 valence electrons. The number of nitrogens with zero attached hydrogens (tertiary/aromatic N) is 1. The van der Waals surface area contributed by atoms with Crippen LogP contribution in [0, 0.1) is 6.92 Å². The van der Waals surface area contributed by atoms with Crippen molar-refractivity contribution >= 4 is 15.9 Å². The predicted octanol–water partition coefficient (Wildman–Crippen LogP) is 0.775. The van der Waals surface area contributed by atoms with Gasteiger partial charge in [-0.15, -0.1) is 0 Å². The monoisotopic (exact) mass is 282 g/mol. The van der Waals surface area contributed by atoms with Gasteiger partial charge in [-0.2, -0.15) is 0 Å². The lowest BCUT2D eigenvalue weighted by Gasteiger charge is -2.22. The molecule has 1 fully saturated rings. The van der Waals surface area contributed by atoms with Crippen molar-refractivity contribution in [2.45, 2.75) is 31.1 Å². The quantitative estimate of drug-likeness (QED) is 0.886. The maximum atomic E-state index is 12.2. The van der Waals surface area contributed by atoms with E-state index in [0.29, 0.717) is 19.4 Å². The highest BCUT2D eigenvalue weighted by atomic mass is 32.2. The second-order valence-corrected chi connectivity index (χ2v) is 7.06. The number of carbonyl (C=O) groups excluding carboxylic acids is 1. The minimum Gasteiger partial charge on any atom is -0.340 e. The number of sulfonamides is 1. The lowest BCUT2D eigenvalue weighted by molar-refractivity contribution is -0.130. The smallest absolute Gasteiger partial charge is 0.245 e. The molecule has 5 nitrogen and oxygen atoms in total. The number of amides is 1. The largest absolute Gasteiger partial charge is 0.340 e. The Morgan fingerprint density at radius 1 is 1.42 bits per heavy atom. The zero-order chi connectivity index (χ0) is 14.3. The average molecular weight is 282 g/mol. The number of primary sulfonamides is 1. The lowest BCUT2D eigenvalue weighted by atomic mass is 10.1. The summed E-state index contributed by atoms with van der Waals surface area (Å²) in [4.78, 5) is 13.7. The van der Waals surface area contributed by atoms with Crippen LogP contribution in [0.3, 0.4) is 0 Å². The predicted molar refractivity (Wildman–Crippen MR) is 72.7 cm³/mol. The van der Waals surface area contributed by atoms with Gasteiger partial charge in [-0.25, -0.2) is 13.6 Å². The van der Waals surface area contributed by atoms with E-state index < -0.39 is 20.7 Å². The van der Waals surface area contributed by atoms with Crippen molar-refractivity contribution < 1.29 is 13.2 Å². The third-order valence-electron chi connectivity index (χ3n) is 3.49. The zero-order valence-electron chi connectivity index (χ0n) is 11.1. The van der Waals surface area contributed by atoms with Gasteiger partial charge in [-0.1, -0.05) is 29.8 Å². The first-order valence-electron chi connectivity index (χ1n) is 6.10. The third kappa shape index (κ3) is 2.64. The number of nitrogens with two attached hydrogens (primary N) is 1. The van der Waals surface area contributed by atoms with E-state index in [1.165, 1.54) is 4.90 Å². The van der Waals surface area contributed by atoms with Crippen LogP contribution in [-0.4, -0.2) is 31.0 Å². The summed E-state index contributed by atoms with van der Waals surface area (Å²) in [7, 11) is -2.22. The van der Waals surface area contributed by atoms with E-state index in [-0.39, 0.29) is 0 Å². The van der Waals surface area contributed by atoms with Crippen LogP contribution >= 0.6 is 0 Å². The molecule has 0 saturated heterocycles. The van der Waals surface area contributed by atoms with E-state index in [2.05, 4.69) is 0 Å². The molecule has 0 heterocycles. The van der Waals surface area contributed by atoms with Gasteiger partial charge < -0.3 is 4.90 Å². The summed E-state index contributed by atoms with van der Waals surface area (Å²) in [5.41, 5.74) is 2.08. The zero-order valence-corrected chi connectivity index (χ0v) is 11.9. The first-order valence-corrected chi connectivity index (χ1v) is 7.64. The fourth-order valence-corrected chi connectivity index (χ4v) is 3.31. The van der Waals surface area contributed by atoms with Crippen LogP contribution in [0.5, 0.6) is 0 Å². The van der Waals surface area contributed by atoms with Gasteiger partial charge in [-0.3, -0.25) is 4.79 Å². The van der Waals surface area contributed by atoms with Gasteiger partial charge >= 0.3 is 0 Å². The van der Waals surface area contributed by atoms with Crippen molar-refractivity contribution in [3.8, 4) is 0 Å². The first-order chi connectivity index (χ1) is 8.76. The minimum atomic E-state index is -3.83. The fraction of sp³-hybridized carbons (Fsp3) is 0.462. The van der Waals surface area contributed by atoms with E-state index in [1.807, 2.05) is 31.2 Å². The van der Waals surface area contributed by atoms with E-state index in [0.717, 1.165) is 11.1 Å². The van der Waals surface area contributed by atoms with Gasteiger partial charge in [0.25, 0.3) is 0 Å². The normalized spacial score (nSPS) is 17.0. The molecule has 0 unspecified atom stereocenters. The number of aryl methyl sites for hydroxylation is 1. The molecule has 19 heavy (non-hydrogen) atoms. The van der Waals surface area contributed by atoms with Crippen LogP contribution < -0.4 is 5.14 Å². The van der Waals surface area contributed by atoms with Crippen molar-refractivity contribution in [2.24, 2.45) is 5.14 Å². The van der Waals surface area contributed by atoms with E-state index in [9.17, 15) is 13.2 Å². The van der Waals surface area contributed by atoms with Crippen molar-refractivity contribution in [3.63, 3.8) is 0 Å². The van der Waals surface area contributed by atoms with Gasteiger partial charge in [0.05, 0.1) is 0 Å². The van der Waals surface area contributed by atoms with Crippen molar-refractivity contribution in [1.82, 2.24) is 4.90 Å². The van der Waals surface area contributed by atoms with Crippen molar-refractivity contribution in [1.29, 1.82) is 0 Å². The topological polar surface area (TPSA) is 80.5 Å². The number of carbonyl (C=O) groups is 1. The van der Waals surface area contributed by atoms with Crippen molar-refractivity contribution in [2.75, 3.05) is 7.05 Å². The van der Waals surface area contributed by atoms with Gasteiger partial charge in [0.1, 0.15) is 0 Å². The SMILES string of the molecule is Cc1cccc(CN(C)C(=O)C2(S(N)(=O)=O)CC2)c1. The van der Waals surface area contributed by atoms with Crippen LogP contribution in [0.25, 0.3) is 0 Å². The van der Waals surface area contributed by atoms with Crippen molar-refractivity contribution in [3.05, 3.63) is 35.4 Å². The van der Waals surface area contributed by atoms with Crippen LogP contribution in [0.1, 0.15) is 24.0 Å². The van der Waals surface area contributed by atoms with Crippen LogP contribution in [0.2, 0.25) is 0 Å². The Kier molecular flexibility index (Phi) is 3.40. The van der Waals surface area contributed by atoms with Crippen LogP contribution in [-0.2, 0) is 21.4 Å². The second-order valence-electron chi connectivity index (χ2n) is 5.19. The summed E-state index contributed by atoms with van der Waals surface area (Å²) in [6, 6.07) is 7.77. The number of hydrogen-bond donors (Lipinski definition) is 1. The molecule has 2 rings (SSSR count). The molecule has 1 amide bonds. The molecule has 1 aliphatic carbocycles. The van der Waals surface area contributed by atoms with E-state index in [1.54, 1.807) is 7.05 Å². The Morgan fingerprint density at radius 2 is 2.05 bits per heavy atom. The Hall–Kier alpha value is -1.40. The van der Waals surface area contributed by atoms with Gasteiger partial charge in [0.15, 0.2) is 4.75 Å². The summed E-state index contributed by atoms with van der Waals surface area (Å²) >= 11 is 0. The summed E-state index contributed by atoms with van der Waals surface area (Å²) < 4.78 is 21.6. The maximum Gasteiger partial charge on any atom is 0.245 e. The average Bonchev–Trinajstić information content (AvgIpc) is 3.08.